The number of benzene rings is 1. The second-order valence-electron chi connectivity index (χ2n) is 5.10. The van der Waals surface area contributed by atoms with Gasteiger partial charge in [0.2, 0.25) is 10.0 Å². The zero-order valence-electron chi connectivity index (χ0n) is 12.7. The van der Waals surface area contributed by atoms with E-state index in [1.165, 1.54) is 6.07 Å². The molecule has 0 aliphatic heterocycles. The molecule has 5 nitrogen and oxygen atoms in total. The molecule has 1 N–H and O–H groups in total. The zero-order valence-corrected chi connectivity index (χ0v) is 15.1. The maximum atomic E-state index is 12.6. The quantitative estimate of drug-likeness (QED) is 0.734. The maximum absolute atomic E-state index is 12.6. The van der Waals surface area contributed by atoms with Gasteiger partial charge in [-0.15, -0.1) is 0 Å². The van der Waals surface area contributed by atoms with Crippen molar-refractivity contribution in [2.45, 2.75) is 18.4 Å². The number of sulfonamides is 1. The van der Waals surface area contributed by atoms with Crippen molar-refractivity contribution >= 4 is 33.0 Å². The molecule has 0 fully saturated rings. The molecule has 0 aliphatic rings. The molecule has 0 bridgehead atoms. The lowest BCUT2D eigenvalue weighted by molar-refractivity contribution is 0.580. The molecule has 8 heteroatoms. The van der Waals surface area contributed by atoms with Gasteiger partial charge >= 0.3 is 0 Å². The van der Waals surface area contributed by atoms with E-state index in [1.54, 1.807) is 42.8 Å². The van der Waals surface area contributed by atoms with Gasteiger partial charge in [-0.2, -0.15) is 11.3 Å². The second kappa shape index (κ2) is 6.98. The number of nitrogens with one attached hydrogen (secondary N) is 1. The van der Waals surface area contributed by atoms with Crippen LogP contribution >= 0.6 is 22.9 Å². The molecule has 0 spiro atoms. The molecule has 3 rings (SSSR count). The van der Waals surface area contributed by atoms with Crippen LogP contribution in [0, 0.1) is 6.92 Å². The lowest BCUT2D eigenvalue weighted by Crippen LogP contribution is -2.25. The van der Waals surface area contributed by atoms with Crippen LogP contribution in [0.5, 0.6) is 0 Å². The molecule has 3 aromatic rings. The van der Waals surface area contributed by atoms with Crippen LogP contribution < -0.4 is 4.72 Å². The molecule has 0 aliphatic carbocycles. The maximum Gasteiger partial charge on any atom is 0.241 e. The van der Waals surface area contributed by atoms with E-state index < -0.39 is 10.0 Å². The first-order chi connectivity index (χ1) is 11.5. The fourth-order valence-corrected chi connectivity index (χ4v) is 4.37. The normalized spacial score (nSPS) is 11.6. The Hall–Kier alpha value is -1.80. The monoisotopic (exact) mass is 379 g/mol. The first-order valence-corrected chi connectivity index (χ1v) is 9.86. The summed E-state index contributed by atoms with van der Waals surface area (Å²) >= 11 is 7.47. The minimum atomic E-state index is -3.70. The first-order valence-electron chi connectivity index (χ1n) is 7.05. The predicted molar refractivity (Wildman–Crippen MR) is 95.6 cm³/mol. The van der Waals surface area contributed by atoms with Crippen LogP contribution in [-0.2, 0) is 16.6 Å². The summed E-state index contributed by atoms with van der Waals surface area (Å²) in [6, 6.07) is 6.70. The Morgan fingerprint density at radius 3 is 2.75 bits per heavy atom. The first kappa shape index (κ1) is 17.0. The van der Waals surface area contributed by atoms with Crippen molar-refractivity contribution in [1.82, 2.24) is 14.7 Å². The van der Waals surface area contributed by atoms with Crippen LogP contribution in [0.2, 0.25) is 5.02 Å². The van der Waals surface area contributed by atoms with Crippen molar-refractivity contribution in [1.29, 1.82) is 0 Å². The Bertz CT molecular complexity index is 957. The van der Waals surface area contributed by atoms with Crippen molar-refractivity contribution in [3.05, 3.63) is 63.7 Å². The molecule has 2 aromatic heterocycles. The molecule has 24 heavy (non-hydrogen) atoms. The Morgan fingerprint density at radius 2 is 2.00 bits per heavy atom. The smallest absolute Gasteiger partial charge is 0.241 e. The summed E-state index contributed by atoms with van der Waals surface area (Å²) in [5, 5.41) is 4.26. The largest absolute Gasteiger partial charge is 0.256 e. The van der Waals surface area contributed by atoms with Crippen molar-refractivity contribution in [3.63, 3.8) is 0 Å². The van der Waals surface area contributed by atoms with Gasteiger partial charge in [0.05, 0.1) is 22.8 Å². The van der Waals surface area contributed by atoms with E-state index in [2.05, 4.69) is 14.7 Å². The van der Waals surface area contributed by atoms with Crippen LogP contribution in [0.4, 0.5) is 0 Å². The van der Waals surface area contributed by atoms with Gasteiger partial charge in [-0.3, -0.25) is 9.97 Å². The molecule has 0 atom stereocenters. The van der Waals surface area contributed by atoms with Gasteiger partial charge in [-0.25, -0.2) is 13.1 Å². The van der Waals surface area contributed by atoms with E-state index in [4.69, 9.17) is 11.6 Å². The SMILES string of the molecule is Cc1ccc(Cl)cc1S(=O)(=O)NCc1nccnc1-c1ccsc1. The molecule has 2 heterocycles. The summed E-state index contributed by atoms with van der Waals surface area (Å²) < 4.78 is 27.7. The topological polar surface area (TPSA) is 72.0 Å². The van der Waals surface area contributed by atoms with E-state index in [9.17, 15) is 8.42 Å². The number of nitrogens with zero attached hydrogens (tertiary/aromatic N) is 2. The molecule has 1 aromatic carbocycles. The highest BCUT2D eigenvalue weighted by atomic mass is 35.5. The highest BCUT2D eigenvalue weighted by Gasteiger charge is 2.18. The summed E-state index contributed by atoms with van der Waals surface area (Å²) in [6.45, 7) is 1.78. The van der Waals surface area contributed by atoms with Gasteiger partial charge in [-0.1, -0.05) is 17.7 Å². The molecular formula is C16H14ClN3O2S2. The third-order valence-corrected chi connectivity index (χ3v) is 5.90. The van der Waals surface area contributed by atoms with Gasteiger partial charge < -0.3 is 0 Å². The number of aryl methyl sites for hydroxylation is 1. The number of hydrogen-bond acceptors (Lipinski definition) is 5. The number of hydrogen-bond donors (Lipinski definition) is 1. The van der Waals surface area contributed by atoms with E-state index in [-0.39, 0.29) is 11.4 Å². The molecule has 0 saturated carbocycles. The van der Waals surface area contributed by atoms with E-state index in [0.29, 0.717) is 22.0 Å². The van der Waals surface area contributed by atoms with Crippen molar-refractivity contribution in [2.24, 2.45) is 0 Å². The highest BCUT2D eigenvalue weighted by Crippen LogP contribution is 2.23. The van der Waals surface area contributed by atoms with Gasteiger partial charge in [-0.05, 0) is 36.1 Å². The average Bonchev–Trinajstić information content (AvgIpc) is 3.10. The predicted octanol–water partition coefficient (Wildman–Crippen LogP) is 3.65. The highest BCUT2D eigenvalue weighted by molar-refractivity contribution is 7.89. The second-order valence-corrected chi connectivity index (χ2v) is 8.05. The van der Waals surface area contributed by atoms with Gasteiger partial charge in [0, 0.05) is 28.4 Å². The molecule has 0 saturated heterocycles. The van der Waals surface area contributed by atoms with Crippen LogP contribution in [-0.4, -0.2) is 18.4 Å². The van der Waals surface area contributed by atoms with Crippen molar-refractivity contribution in [3.8, 4) is 11.3 Å². The van der Waals surface area contributed by atoms with E-state index in [1.807, 2.05) is 16.8 Å². The van der Waals surface area contributed by atoms with Crippen LogP contribution in [0.3, 0.4) is 0 Å². The van der Waals surface area contributed by atoms with Crippen LogP contribution in [0.15, 0.2) is 52.3 Å². The van der Waals surface area contributed by atoms with E-state index >= 15 is 0 Å². The van der Waals surface area contributed by atoms with Crippen molar-refractivity contribution < 1.29 is 8.42 Å². The van der Waals surface area contributed by atoms with Crippen LogP contribution in [0.1, 0.15) is 11.3 Å². The molecule has 0 amide bonds. The third-order valence-electron chi connectivity index (χ3n) is 3.44. The Balaban J connectivity index is 1.87. The molecule has 0 radical (unpaired) electrons. The number of thiophene rings is 1. The molecular weight excluding hydrogens is 366 g/mol. The van der Waals surface area contributed by atoms with Crippen LogP contribution in [0.25, 0.3) is 11.3 Å². The number of rotatable bonds is 5. The summed E-state index contributed by atoms with van der Waals surface area (Å²) in [6.07, 6.45) is 3.14. The zero-order chi connectivity index (χ0) is 17.2. The average molecular weight is 380 g/mol. The summed E-state index contributed by atoms with van der Waals surface area (Å²) in [5.74, 6) is 0. The standard InChI is InChI=1S/C16H14ClN3O2S2/c1-11-2-3-13(17)8-15(11)24(21,22)20-9-14-16(19-6-5-18-14)12-4-7-23-10-12/h2-8,10,20H,9H2,1H3. The third kappa shape index (κ3) is 3.64. The summed E-state index contributed by atoms with van der Waals surface area (Å²) in [4.78, 5) is 8.74. The van der Waals surface area contributed by atoms with Gasteiger partial charge in [0.25, 0.3) is 0 Å². The summed E-state index contributed by atoms with van der Waals surface area (Å²) in [7, 11) is -3.70. The minimum Gasteiger partial charge on any atom is -0.256 e. The van der Waals surface area contributed by atoms with E-state index in [0.717, 1.165) is 5.56 Å². The lowest BCUT2D eigenvalue weighted by Gasteiger charge is -2.11. The Morgan fingerprint density at radius 1 is 1.21 bits per heavy atom. The number of halogens is 1. The molecule has 0 unspecified atom stereocenters. The fraction of sp³-hybridized carbons (Fsp3) is 0.125. The Labute approximate surface area is 149 Å². The fourth-order valence-electron chi connectivity index (χ4n) is 2.24. The van der Waals surface area contributed by atoms with Crippen molar-refractivity contribution in [2.75, 3.05) is 0 Å². The number of aromatic nitrogens is 2. The Kier molecular flexibility index (Phi) is 4.96. The summed E-state index contributed by atoms with van der Waals surface area (Å²) in [5.41, 5.74) is 2.79. The van der Waals surface area contributed by atoms with Gasteiger partial charge in [0.15, 0.2) is 0 Å². The minimum absolute atomic E-state index is 0.0489. The lowest BCUT2D eigenvalue weighted by atomic mass is 10.2. The molecule has 124 valence electrons. The van der Waals surface area contributed by atoms with Gasteiger partial charge in [0.1, 0.15) is 0 Å².